The molecule has 1 aromatic carbocycles. The number of hydrogen-bond donors (Lipinski definition) is 1. The minimum atomic E-state index is -0.504. The summed E-state index contributed by atoms with van der Waals surface area (Å²) in [5, 5.41) is 22.7. The molecule has 5 nitrogen and oxygen atoms in total. The highest BCUT2D eigenvalue weighted by Gasteiger charge is 2.11. The second-order valence-electron chi connectivity index (χ2n) is 3.60. The number of non-ortho nitro benzene ring substituents is 1. The third-order valence-corrected chi connectivity index (χ3v) is 2.99. The third-order valence-electron chi connectivity index (χ3n) is 2.15. The van der Waals surface area contributed by atoms with E-state index >= 15 is 0 Å². The van der Waals surface area contributed by atoms with E-state index in [1.807, 2.05) is 19.2 Å². The summed E-state index contributed by atoms with van der Waals surface area (Å²) in [4.78, 5) is 10.1. The lowest BCUT2D eigenvalue weighted by Gasteiger charge is -2.14. The van der Waals surface area contributed by atoms with Gasteiger partial charge >= 0.3 is 0 Å². The van der Waals surface area contributed by atoms with Crippen molar-refractivity contribution >= 4 is 23.1 Å². The van der Waals surface area contributed by atoms with Crippen LogP contribution in [0.4, 0.5) is 11.4 Å². The van der Waals surface area contributed by atoms with Gasteiger partial charge in [-0.2, -0.15) is 17.0 Å². The van der Waals surface area contributed by atoms with Gasteiger partial charge in [-0.05, 0) is 19.2 Å². The van der Waals surface area contributed by atoms with Gasteiger partial charge < -0.3 is 5.32 Å². The number of nitriles is 1. The molecule has 1 aromatic rings. The number of nitro benzene ring substituents is 1. The summed E-state index contributed by atoms with van der Waals surface area (Å²) >= 11 is 1.70. The van der Waals surface area contributed by atoms with Gasteiger partial charge in [0, 0.05) is 23.9 Å². The number of thioether (sulfide) groups is 1. The number of benzene rings is 1. The van der Waals surface area contributed by atoms with Crippen LogP contribution in [0.25, 0.3) is 0 Å². The van der Waals surface area contributed by atoms with Crippen LogP contribution in [0.15, 0.2) is 18.2 Å². The molecule has 0 aliphatic heterocycles. The van der Waals surface area contributed by atoms with Crippen molar-refractivity contribution in [1.82, 2.24) is 0 Å². The molecule has 0 spiro atoms. The van der Waals surface area contributed by atoms with E-state index < -0.39 is 4.92 Å². The summed E-state index contributed by atoms with van der Waals surface area (Å²) in [7, 11) is 0. The topological polar surface area (TPSA) is 79.0 Å². The molecule has 0 fully saturated rings. The summed E-state index contributed by atoms with van der Waals surface area (Å²) in [6.45, 7) is 2.00. The highest BCUT2D eigenvalue weighted by Crippen LogP contribution is 2.22. The van der Waals surface area contributed by atoms with Gasteiger partial charge in [-0.25, -0.2) is 0 Å². The van der Waals surface area contributed by atoms with Crippen molar-refractivity contribution in [2.24, 2.45) is 0 Å². The maximum atomic E-state index is 10.6. The van der Waals surface area contributed by atoms with Crippen LogP contribution in [0.5, 0.6) is 0 Å². The molecule has 0 heterocycles. The Morgan fingerprint density at radius 1 is 1.65 bits per heavy atom. The van der Waals surface area contributed by atoms with E-state index in [1.54, 1.807) is 17.8 Å². The van der Waals surface area contributed by atoms with Crippen LogP contribution in [0, 0.1) is 21.4 Å². The summed E-state index contributed by atoms with van der Waals surface area (Å²) < 4.78 is 0. The van der Waals surface area contributed by atoms with Gasteiger partial charge in [0.25, 0.3) is 5.69 Å². The van der Waals surface area contributed by atoms with Crippen molar-refractivity contribution in [3.05, 3.63) is 33.9 Å². The predicted octanol–water partition coefficient (Wildman–Crippen LogP) is 2.63. The Kier molecular flexibility index (Phi) is 4.79. The lowest BCUT2D eigenvalue weighted by molar-refractivity contribution is -0.384. The first-order valence-electron chi connectivity index (χ1n) is 5.02. The van der Waals surface area contributed by atoms with Crippen molar-refractivity contribution in [2.45, 2.75) is 13.0 Å². The zero-order chi connectivity index (χ0) is 12.8. The fourth-order valence-corrected chi connectivity index (χ4v) is 2.00. The molecule has 17 heavy (non-hydrogen) atoms. The highest BCUT2D eigenvalue weighted by atomic mass is 32.2. The number of rotatable bonds is 5. The van der Waals surface area contributed by atoms with Crippen LogP contribution in [0.2, 0.25) is 0 Å². The van der Waals surface area contributed by atoms with Crippen LogP contribution in [-0.2, 0) is 0 Å². The van der Waals surface area contributed by atoms with Crippen molar-refractivity contribution in [1.29, 1.82) is 5.26 Å². The van der Waals surface area contributed by atoms with Gasteiger partial charge in [0.15, 0.2) is 0 Å². The Hall–Kier alpha value is -1.74. The van der Waals surface area contributed by atoms with E-state index in [2.05, 4.69) is 5.32 Å². The Bertz CT molecular complexity index is 457. The Morgan fingerprint density at radius 2 is 2.35 bits per heavy atom. The molecule has 0 aliphatic carbocycles. The Labute approximate surface area is 104 Å². The Morgan fingerprint density at radius 3 is 2.88 bits per heavy atom. The minimum Gasteiger partial charge on any atom is -0.381 e. The minimum absolute atomic E-state index is 0.0652. The van der Waals surface area contributed by atoms with Crippen LogP contribution < -0.4 is 5.32 Å². The summed E-state index contributed by atoms with van der Waals surface area (Å²) in [6.07, 6.45) is 2.00. The lowest BCUT2D eigenvalue weighted by atomic mass is 10.1. The van der Waals surface area contributed by atoms with Crippen molar-refractivity contribution in [3.63, 3.8) is 0 Å². The molecule has 6 heteroatoms. The largest absolute Gasteiger partial charge is 0.381 e. The zero-order valence-corrected chi connectivity index (χ0v) is 10.5. The van der Waals surface area contributed by atoms with Gasteiger partial charge in [-0.1, -0.05) is 0 Å². The quantitative estimate of drug-likeness (QED) is 0.642. The molecule has 0 bridgehead atoms. The number of nitro groups is 1. The Balaban J connectivity index is 2.94. The monoisotopic (exact) mass is 251 g/mol. The summed E-state index contributed by atoms with van der Waals surface area (Å²) in [5.74, 6) is 0.905. The summed E-state index contributed by atoms with van der Waals surface area (Å²) in [6, 6.07) is 6.43. The maximum Gasteiger partial charge on any atom is 0.270 e. The molecule has 1 atom stereocenters. The molecule has 0 saturated carbocycles. The second kappa shape index (κ2) is 6.11. The standard InChI is InChI=1S/C11H13N3O2S/c1-8(7-17-2)13-11-4-3-10(14(15)16)5-9(11)6-12/h3-5,8,13H,7H2,1-2H3. The van der Waals surface area contributed by atoms with Gasteiger partial charge in [-0.3, -0.25) is 10.1 Å². The molecule has 0 amide bonds. The van der Waals surface area contributed by atoms with Crippen LogP contribution in [0.3, 0.4) is 0 Å². The normalized spacial score (nSPS) is 11.6. The van der Waals surface area contributed by atoms with E-state index in [9.17, 15) is 10.1 Å². The molecule has 1 unspecified atom stereocenters. The average molecular weight is 251 g/mol. The van der Waals surface area contributed by atoms with Crippen molar-refractivity contribution in [2.75, 3.05) is 17.3 Å². The SMILES string of the molecule is CSCC(C)Nc1ccc([N+](=O)[O-])cc1C#N. The van der Waals surface area contributed by atoms with Crippen LogP contribution >= 0.6 is 11.8 Å². The molecular weight excluding hydrogens is 238 g/mol. The number of anilines is 1. The van der Waals surface area contributed by atoms with Crippen LogP contribution in [-0.4, -0.2) is 23.0 Å². The lowest BCUT2D eigenvalue weighted by Crippen LogP contribution is -2.18. The van der Waals surface area contributed by atoms with Gasteiger partial charge in [0.05, 0.1) is 16.2 Å². The van der Waals surface area contributed by atoms with Gasteiger partial charge in [0.2, 0.25) is 0 Å². The first-order valence-corrected chi connectivity index (χ1v) is 6.42. The first-order chi connectivity index (χ1) is 8.08. The fourth-order valence-electron chi connectivity index (χ4n) is 1.42. The number of nitrogens with zero attached hydrogens (tertiary/aromatic N) is 2. The van der Waals surface area contributed by atoms with Crippen molar-refractivity contribution < 1.29 is 4.92 Å². The molecule has 0 saturated heterocycles. The zero-order valence-electron chi connectivity index (χ0n) is 9.64. The van der Waals surface area contributed by atoms with Gasteiger partial charge in [0.1, 0.15) is 6.07 Å². The van der Waals surface area contributed by atoms with E-state index in [0.717, 1.165) is 5.75 Å². The maximum absolute atomic E-state index is 10.6. The molecular formula is C11H13N3O2S. The third kappa shape index (κ3) is 3.64. The highest BCUT2D eigenvalue weighted by molar-refractivity contribution is 7.98. The van der Waals surface area contributed by atoms with Crippen molar-refractivity contribution in [3.8, 4) is 6.07 Å². The smallest absolute Gasteiger partial charge is 0.270 e. The number of nitrogens with one attached hydrogen (secondary N) is 1. The second-order valence-corrected chi connectivity index (χ2v) is 4.51. The molecule has 0 aromatic heterocycles. The fraction of sp³-hybridized carbons (Fsp3) is 0.364. The predicted molar refractivity (Wildman–Crippen MR) is 69.3 cm³/mol. The number of hydrogen-bond acceptors (Lipinski definition) is 5. The molecule has 0 radical (unpaired) electrons. The summed E-state index contributed by atoms with van der Waals surface area (Å²) in [5.41, 5.74) is 0.872. The first kappa shape index (κ1) is 13.3. The molecule has 0 aliphatic rings. The molecule has 1 rings (SSSR count). The average Bonchev–Trinajstić information content (AvgIpc) is 2.29. The van der Waals surface area contributed by atoms with E-state index in [0.29, 0.717) is 11.3 Å². The molecule has 1 N–H and O–H groups in total. The van der Waals surface area contributed by atoms with E-state index in [4.69, 9.17) is 5.26 Å². The molecule has 90 valence electrons. The van der Waals surface area contributed by atoms with E-state index in [1.165, 1.54) is 12.1 Å². The van der Waals surface area contributed by atoms with E-state index in [-0.39, 0.29) is 11.7 Å². The van der Waals surface area contributed by atoms with Gasteiger partial charge in [-0.15, -0.1) is 0 Å². The van der Waals surface area contributed by atoms with Crippen LogP contribution in [0.1, 0.15) is 12.5 Å².